The van der Waals surface area contributed by atoms with Crippen molar-refractivity contribution in [3.8, 4) is 0 Å². The highest BCUT2D eigenvalue weighted by molar-refractivity contribution is 8.00. The summed E-state index contributed by atoms with van der Waals surface area (Å²) < 4.78 is 4.14. The molecule has 0 radical (unpaired) electrons. The Balaban J connectivity index is 1.32. The van der Waals surface area contributed by atoms with Crippen LogP contribution in [0.4, 0.5) is 0 Å². The van der Waals surface area contributed by atoms with E-state index in [1.54, 1.807) is 23.1 Å². The molecule has 0 N–H and O–H groups in total. The Bertz CT molecular complexity index is 1390. The van der Waals surface area contributed by atoms with Gasteiger partial charge in [-0.15, -0.1) is 27.8 Å². The number of fused-ring (bicyclic) bond motifs is 6. The number of thioether (sulfide) groups is 1. The lowest BCUT2D eigenvalue weighted by atomic mass is 9.72. The van der Waals surface area contributed by atoms with Crippen LogP contribution in [-0.4, -0.2) is 24.6 Å². The average molecular weight is 466 g/mol. The minimum atomic E-state index is 0.344. The van der Waals surface area contributed by atoms with E-state index >= 15 is 0 Å². The first-order valence-corrected chi connectivity index (χ1v) is 13.2. The smallest absolute Gasteiger partial charge is 0.167 e. The summed E-state index contributed by atoms with van der Waals surface area (Å²) in [5, 5.41) is 5.94. The lowest BCUT2D eigenvalue weighted by Crippen LogP contribution is -2.26. The highest BCUT2D eigenvalue weighted by atomic mass is 32.2. The van der Waals surface area contributed by atoms with E-state index in [-0.39, 0.29) is 0 Å². The maximum Gasteiger partial charge on any atom is 0.167 e. The van der Waals surface area contributed by atoms with Crippen molar-refractivity contribution in [2.24, 2.45) is 11.3 Å². The maximum absolute atomic E-state index is 4.93. The molecule has 0 saturated heterocycles. The van der Waals surface area contributed by atoms with E-state index in [0.29, 0.717) is 11.2 Å². The third kappa shape index (κ3) is 3.45. The van der Waals surface area contributed by atoms with E-state index in [4.69, 9.17) is 20.1 Å². The second-order valence-corrected chi connectivity index (χ2v) is 12.6. The molecule has 4 heterocycles. The van der Waals surface area contributed by atoms with Crippen LogP contribution in [0.2, 0.25) is 0 Å². The molecule has 1 aromatic carbocycles. The van der Waals surface area contributed by atoms with Crippen LogP contribution in [0.15, 0.2) is 34.9 Å². The van der Waals surface area contributed by atoms with Gasteiger partial charge in [-0.1, -0.05) is 44.7 Å². The van der Waals surface area contributed by atoms with Gasteiger partial charge in [0.1, 0.15) is 11.2 Å². The van der Waals surface area contributed by atoms with E-state index in [1.807, 2.05) is 28.2 Å². The van der Waals surface area contributed by atoms with Crippen molar-refractivity contribution in [2.45, 2.75) is 50.1 Å². The number of rotatable bonds is 3. The highest BCUT2D eigenvalue weighted by Gasteiger charge is 2.31. The Labute approximate surface area is 192 Å². The molecule has 0 bridgehead atoms. The van der Waals surface area contributed by atoms with Crippen LogP contribution in [0.25, 0.3) is 26.1 Å². The van der Waals surface area contributed by atoms with Gasteiger partial charge in [0.2, 0.25) is 0 Å². The van der Waals surface area contributed by atoms with Crippen molar-refractivity contribution in [1.82, 2.24) is 24.6 Å². The average Bonchev–Trinajstić information content (AvgIpc) is 3.44. The normalized spacial score (nSPS) is 17.1. The monoisotopic (exact) mass is 465 g/mol. The Morgan fingerprint density at radius 2 is 2.03 bits per heavy atom. The molecule has 5 aromatic rings. The van der Waals surface area contributed by atoms with Gasteiger partial charge in [-0.25, -0.2) is 19.5 Å². The van der Waals surface area contributed by atoms with Crippen molar-refractivity contribution in [3.05, 3.63) is 46.9 Å². The summed E-state index contributed by atoms with van der Waals surface area (Å²) in [5.41, 5.74) is 3.81. The quantitative estimate of drug-likeness (QED) is 0.289. The number of nitrogens with zero attached hydrogens (tertiary/aromatic N) is 5. The van der Waals surface area contributed by atoms with Crippen molar-refractivity contribution < 1.29 is 0 Å². The molecular formula is C23H23N5S3. The van der Waals surface area contributed by atoms with Gasteiger partial charge in [0.05, 0.1) is 21.4 Å². The fraction of sp³-hybridized carbons (Fsp3) is 0.391. The number of hydrogen-bond acceptors (Lipinski definition) is 7. The van der Waals surface area contributed by atoms with Crippen molar-refractivity contribution in [3.63, 3.8) is 0 Å². The zero-order chi connectivity index (χ0) is 21.2. The molecule has 4 aromatic heterocycles. The van der Waals surface area contributed by atoms with Crippen LogP contribution in [0.1, 0.15) is 43.5 Å². The lowest BCUT2D eigenvalue weighted by molar-refractivity contribution is 0.218. The van der Waals surface area contributed by atoms with Crippen LogP contribution in [-0.2, 0) is 18.6 Å². The first kappa shape index (κ1) is 19.6. The molecule has 31 heavy (non-hydrogen) atoms. The third-order valence-electron chi connectivity index (χ3n) is 6.25. The number of para-hydroxylation sites is 1. The van der Waals surface area contributed by atoms with E-state index in [1.165, 1.54) is 26.9 Å². The van der Waals surface area contributed by atoms with Crippen molar-refractivity contribution in [1.29, 1.82) is 0 Å². The number of benzene rings is 1. The predicted molar refractivity (Wildman–Crippen MR) is 130 cm³/mol. The van der Waals surface area contributed by atoms with Crippen LogP contribution < -0.4 is 0 Å². The van der Waals surface area contributed by atoms with Crippen molar-refractivity contribution >= 4 is 60.5 Å². The first-order valence-electron chi connectivity index (χ1n) is 10.6. The van der Waals surface area contributed by atoms with E-state index in [9.17, 15) is 0 Å². The molecule has 1 aliphatic carbocycles. The predicted octanol–water partition coefficient (Wildman–Crippen LogP) is 6.39. The second kappa shape index (κ2) is 7.25. The number of aryl methyl sites for hydroxylation is 1. The van der Waals surface area contributed by atoms with Gasteiger partial charge in [-0.2, -0.15) is 0 Å². The second-order valence-electron chi connectivity index (χ2n) is 9.27. The molecule has 5 nitrogen and oxygen atoms in total. The Kier molecular flexibility index (Phi) is 4.59. The van der Waals surface area contributed by atoms with E-state index in [2.05, 4.69) is 39.0 Å². The Morgan fingerprint density at radius 3 is 2.87 bits per heavy atom. The summed E-state index contributed by atoms with van der Waals surface area (Å²) in [5.74, 6) is 2.27. The summed E-state index contributed by atoms with van der Waals surface area (Å²) in [4.78, 5) is 17.0. The highest BCUT2D eigenvalue weighted by Crippen LogP contribution is 2.43. The molecule has 0 amide bonds. The van der Waals surface area contributed by atoms with Crippen LogP contribution in [0.5, 0.6) is 0 Å². The zero-order valence-electron chi connectivity index (χ0n) is 17.8. The lowest BCUT2D eigenvalue weighted by Gasteiger charge is -2.33. The van der Waals surface area contributed by atoms with Gasteiger partial charge in [0.25, 0.3) is 0 Å². The molecule has 6 rings (SSSR count). The Morgan fingerprint density at radius 1 is 1.16 bits per heavy atom. The molecule has 8 heteroatoms. The fourth-order valence-corrected chi connectivity index (χ4v) is 7.64. The van der Waals surface area contributed by atoms with Crippen molar-refractivity contribution in [2.75, 3.05) is 0 Å². The summed E-state index contributed by atoms with van der Waals surface area (Å²) in [7, 11) is 0. The molecular weight excluding hydrogens is 442 g/mol. The largest absolute Gasteiger partial charge is 0.230 e. The topological polar surface area (TPSA) is 56.0 Å². The Hall–Kier alpha value is -2.03. The number of thiophene rings is 1. The summed E-state index contributed by atoms with van der Waals surface area (Å²) in [6.07, 6.45) is 5.32. The fourth-order valence-electron chi connectivity index (χ4n) is 4.46. The van der Waals surface area contributed by atoms with Gasteiger partial charge in [-0.3, -0.25) is 0 Å². The van der Waals surface area contributed by atoms with Gasteiger partial charge in [0, 0.05) is 4.88 Å². The molecule has 1 atom stereocenters. The SMILES string of the molecule is CC(C)(C)C1CCc2c(sc3ncn4nc(CSc5nc6ccccc6s5)nc4c23)C1. The minimum Gasteiger partial charge on any atom is -0.230 e. The minimum absolute atomic E-state index is 0.344. The zero-order valence-corrected chi connectivity index (χ0v) is 20.2. The summed E-state index contributed by atoms with van der Waals surface area (Å²) >= 11 is 5.28. The molecule has 1 aliphatic rings. The molecule has 0 spiro atoms. The molecule has 0 saturated carbocycles. The van der Waals surface area contributed by atoms with Gasteiger partial charge >= 0.3 is 0 Å². The van der Waals surface area contributed by atoms with Crippen LogP contribution in [0.3, 0.4) is 0 Å². The van der Waals surface area contributed by atoms with Crippen LogP contribution >= 0.6 is 34.4 Å². The molecule has 0 fully saturated rings. The number of hydrogen-bond donors (Lipinski definition) is 0. The molecule has 0 aliphatic heterocycles. The summed E-state index contributed by atoms with van der Waals surface area (Å²) in [6.45, 7) is 7.08. The standard InChI is InChI=1S/C23H23N5S3/c1-23(2,3)13-8-9-14-17(10-13)30-21-19(14)20-26-18(27-28(20)12-24-21)11-29-22-25-15-6-4-5-7-16(15)31-22/h4-7,12-13H,8-11H2,1-3H3. The van der Waals surface area contributed by atoms with E-state index in [0.717, 1.165) is 44.9 Å². The van der Waals surface area contributed by atoms with Gasteiger partial charge in [-0.05, 0) is 48.3 Å². The number of thiazole rings is 1. The van der Waals surface area contributed by atoms with Crippen LogP contribution in [0, 0.1) is 11.3 Å². The maximum atomic E-state index is 4.93. The first-order chi connectivity index (χ1) is 15.0. The van der Waals surface area contributed by atoms with Gasteiger partial charge < -0.3 is 0 Å². The molecule has 1 unspecified atom stereocenters. The molecule has 158 valence electrons. The van der Waals surface area contributed by atoms with Gasteiger partial charge in [0.15, 0.2) is 15.8 Å². The summed E-state index contributed by atoms with van der Waals surface area (Å²) in [6, 6.07) is 8.27. The van der Waals surface area contributed by atoms with E-state index < -0.39 is 0 Å². The third-order valence-corrected chi connectivity index (χ3v) is 9.59. The number of aromatic nitrogens is 5.